The third-order valence-corrected chi connectivity index (χ3v) is 2.76. The highest BCUT2D eigenvalue weighted by atomic mass is 16.2. The molecule has 2 rings (SSSR count). The lowest BCUT2D eigenvalue weighted by Crippen LogP contribution is -2.27. The van der Waals surface area contributed by atoms with Crippen molar-refractivity contribution in [2.45, 2.75) is 26.3 Å². The molecule has 0 bridgehead atoms. The molecule has 1 aromatic rings. The van der Waals surface area contributed by atoms with Gasteiger partial charge in [0.15, 0.2) is 0 Å². The van der Waals surface area contributed by atoms with Crippen LogP contribution in [0.4, 0.5) is 5.95 Å². The van der Waals surface area contributed by atoms with Crippen molar-refractivity contribution in [1.82, 2.24) is 14.5 Å². The summed E-state index contributed by atoms with van der Waals surface area (Å²) in [6.45, 7) is 4.72. The average molecular weight is 222 g/mol. The Kier molecular flexibility index (Phi) is 3.12. The molecule has 88 valence electrons. The number of nitrogens with zero attached hydrogens (tertiary/aromatic N) is 3. The lowest BCUT2D eigenvalue weighted by Gasteiger charge is -2.14. The molecule has 0 radical (unpaired) electrons. The molecule has 1 N–H and O–H groups in total. The predicted octanol–water partition coefficient (Wildman–Crippen LogP) is 1.18. The van der Waals surface area contributed by atoms with Crippen molar-refractivity contribution in [2.75, 3.05) is 25.5 Å². The molecule has 1 aliphatic heterocycles. The normalized spacial score (nSPS) is 14.1. The van der Waals surface area contributed by atoms with Crippen LogP contribution in [-0.4, -0.2) is 40.5 Å². The molecule has 0 saturated carbocycles. The van der Waals surface area contributed by atoms with Crippen molar-refractivity contribution >= 4 is 11.9 Å². The summed E-state index contributed by atoms with van der Waals surface area (Å²) in [5.41, 5.74) is 0.542. The van der Waals surface area contributed by atoms with Gasteiger partial charge < -0.3 is 14.8 Å². The third kappa shape index (κ3) is 2.03. The monoisotopic (exact) mass is 222 g/mol. The first kappa shape index (κ1) is 11.0. The molecule has 0 fully saturated rings. The summed E-state index contributed by atoms with van der Waals surface area (Å²) in [6, 6.07) is 0. The minimum Gasteiger partial charge on any atom is -0.356 e. The van der Waals surface area contributed by atoms with Crippen LogP contribution in [0.5, 0.6) is 0 Å². The Balaban J connectivity index is 2.14. The number of aromatic nitrogens is 2. The Hall–Kier alpha value is -1.52. The molecule has 0 unspecified atom stereocenters. The molecule has 0 aromatic carbocycles. The molecule has 1 amide bonds. The van der Waals surface area contributed by atoms with Gasteiger partial charge in [-0.25, -0.2) is 4.98 Å². The van der Waals surface area contributed by atoms with Gasteiger partial charge in [0.1, 0.15) is 5.69 Å². The SMILES string of the molecule is CCCN(C)C(=O)c1cn2c(n1)NCCC2. The van der Waals surface area contributed by atoms with Crippen molar-refractivity contribution in [1.29, 1.82) is 0 Å². The van der Waals surface area contributed by atoms with Gasteiger partial charge in [-0.3, -0.25) is 4.79 Å². The fraction of sp³-hybridized carbons (Fsp3) is 0.636. The van der Waals surface area contributed by atoms with Crippen LogP contribution < -0.4 is 5.32 Å². The number of aryl methyl sites for hydroxylation is 1. The number of nitrogens with one attached hydrogen (secondary N) is 1. The number of fused-ring (bicyclic) bond motifs is 1. The number of anilines is 1. The molecule has 1 aromatic heterocycles. The number of hydrogen-bond donors (Lipinski definition) is 1. The lowest BCUT2D eigenvalue weighted by molar-refractivity contribution is 0.0790. The van der Waals surface area contributed by atoms with Crippen LogP contribution in [0.2, 0.25) is 0 Å². The zero-order valence-electron chi connectivity index (χ0n) is 9.86. The number of carbonyl (C=O) groups excluding carboxylic acids is 1. The van der Waals surface area contributed by atoms with Crippen LogP contribution >= 0.6 is 0 Å². The molecule has 1 aliphatic rings. The van der Waals surface area contributed by atoms with Crippen molar-refractivity contribution in [3.8, 4) is 0 Å². The van der Waals surface area contributed by atoms with Gasteiger partial charge in [-0.15, -0.1) is 0 Å². The third-order valence-electron chi connectivity index (χ3n) is 2.76. The van der Waals surface area contributed by atoms with Crippen LogP contribution in [-0.2, 0) is 6.54 Å². The summed E-state index contributed by atoms with van der Waals surface area (Å²) in [7, 11) is 1.82. The molecule has 0 aliphatic carbocycles. The maximum Gasteiger partial charge on any atom is 0.273 e. The summed E-state index contributed by atoms with van der Waals surface area (Å²) < 4.78 is 2.01. The Morgan fingerprint density at radius 1 is 1.69 bits per heavy atom. The molecular formula is C11H18N4O. The van der Waals surface area contributed by atoms with E-state index in [1.54, 1.807) is 4.90 Å². The molecule has 5 nitrogen and oxygen atoms in total. The van der Waals surface area contributed by atoms with Crippen LogP contribution in [0.3, 0.4) is 0 Å². The largest absolute Gasteiger partial charge is 0.356 e. The summed E-state index contributed by atoms with van der Waals surface area (Å²) >= 11 is 0. The van der Waals surface area contributed by atoms with Crippen molar-refractivity contribution < 1.29 is 4.79 Å². The first-order valence-corrected chi connectivity index (χ1v) is 5.79. The van der Waals surface area contributed by atoms with Crippen LogP contribution in [0, 0.1) is 0 Å². The molecule has 2 heterocycles. The van der Waals surface area contributed by atoms with Gasteiger partial charge >= 0.3 is 0 Å². The standard InChI is InChI=1S/C11H18N4O/c1-3-6-14(2)10(16)9-8-15-7-4-5-12-11(15)13-9/h8H,3-7H2,1-2H3,(H,12,13). The number of hydrogen-bond acceptors (Lipinski definition) is 3. The maximum absolute atomic E-state index is 12.0. The van der Waals surface area contributed by atoms with Crippen LogP contribution in [0.1, 0.15) is 30.3 Å². The van der Waals surface area contributed by atoms with Gasteiger partial charge in [0.25, 0.3) is 5.91 Å². The predicted molar refractivity (Wildman–Crippen MR) is 62.6 cm³/mol. The lowest BCUT2D eigenvalue weighted by atomic mass is 10.3. The van der Waals surface area contributed by atoms with Crippen LogP contribution in [0.15, 0.2) is 6.20 Å². The summed E-state index contributed by atoms with van der Waals surface area (Å²) in [5.74, 6) is 0.824. The number of rotatable bonds is 3. The van der Waals surface area contributed by atoms with E-state index < -0.39 is 0 Å². The molecule has 5 heteroatoms. The van der Waals surface area contributed by atoms with Gasteiger partial charge in [0.2, 0.25) is 5.95 Å². The summed E-state index contributed by atoms with van der Waals surface area (Å²) in [4.78, 5) is 18.0. The van der Waals surface area contributed by atoms with E-state index >= 15 is 0 Å². The van der Waals surface area contributed by atoms with E-state index in [0.717, 1.165) is 38.4 Å². The van der Waals surface area contributed by atoms with Gasteiger partial charge in [0.05, 0.1) is 0 Å². The fourth-order valence-corrected chi connectivity index (χ4v) is 1.91. The highest BCUT2D eigenvalue weighted by molar-refractivity contribution is 5.92. The van der Waals surface area contributed by atoms with E-state index in [0.29, 0.717) is 5.69 Å². The van der Waals surface area contributed by atoms with E-state index in [4.69, 9.17) is 0 Å². The quantitative estimate of drug-likeness (QED) is 0.835. The van der Waals surface area contributed by atoms with E-state index in [9.17, 15) is 4.79 Å². The van der Waals surface area contributed by atoms with Gasteiger partial charge in [0, 0.05) is 32.9 Å². The maximum atomic E-state index is 12.0. The second kappa shape index (κ2) is 4.55. The molecule has 16 heavy (non-hydrogen) atoms. The number of carbonyl (C=O) groups is 1. The first-order valence-electron chi connectivity index (χ1n) is 5.79. The summed E-state index contributed by atoms with van der Waals surface area (Å²) in [5, 5.41) is 3.19. The Morgan fingerprint density at radius 2 is 2.50 bits per heavy atom. The van der Waals surface area contributed by atoms with Crippen molar-refractivity contribution in [3.05, 3.63) is 11.9 Å². The second-order valence-electron chi connectivity index (χ2n) is 4.15. The van der Waals surface area contributed by atoms with Gasteiger partial charge in [-0.2, -0.15) is 0 Å². The fourth-order valence-electron chi connectivity index (χ4n) is 1.91. The van der Waals surface area contributed by atoms with E-state index in [2.05, 4.69) is 17.2 Å². The van der Waals surface area contributed by atoms with Crippen molar-refractivity contribution in [3.63, 3.8) is 0 Å². The van der Waals surface area contributed by atoms with Gasteiger partial charge in [-0.05, 0) is 12.8 Å². The minimum absolute atomic E-state index is 0.00514. The first-order chi connectivity index (χ1) is 7.72. The molecular weight excluding hydrogens is 204 g/mol. The Labute approximate surface area is 95.5 Å². The minimum atomic E-state index is 0.00514. The molecule has 0 atom stereocenters. The topological polar surface area (TPSA) is 50.2 Å². The van der Waals surface area contributed by atoms with Gasteiger partial charge in [-0.1, -0.05) is 6.92 Å². The average Bonchev–Trinajstić information content (AvgIpc) is 2.71. The summed E-state index contributed by atoms with van der Waals surface area (Å²) in [6.07, 6.45) is 3.89. The number of imidazole rings is 1. The van der Waals surface area contributed by atoms with E-state index in [1.165, 1.54) is 0 Å². The Morgan fingerprint density at radius 3 is 3.19 bits per heavy atom. The smallest absolute Gasteiger partial charge is 0.273 e. The second-order valence-corrected chi connectivity index (χ2v) is 4.15. The van der Waals surface area contributed by atoms with Crippen LogP contribution in [0.25, 0.3) is 0 Å². The van der Waals surface area contributed by atoms with E-state index in [-0.39, 0.29) is 5.91 Å². The zero-order chi connectivity index (χ0) is 11.5. The highest BCUT2D eigenvalue weighted by Crippen LogP contribution is 2.15. The Bertz CT molecular complexity index is 362. The zero-order valence-corrected chi connectivity index (χ0v) is 9.86. The molecule has 0 spiro atoms. The molecule has 0 saturated heterocycles. The number of amides is 1. The van der Waals surface area contributed by atoms with E-state index in [1.807, 2.05) is 17.8 Å². The van der Waals surface area contributed by atoms with Crippen molar-refractivity contribution in [2.24, 2.45) is 0 Å². The highest BCUT2D eigenvalue weighted by Gasteiger charge is 2.18.